The van der Waals surface area contributed by atoms with E-state index in [9.17, 15) is 27.1 Å². The Morgan fingerprint density at radius 3 is 2.21 bits per heavy atom. The third-order valence-electron chi connectivity index (χ3n) is 5.71. The fraction of sp³-hybridized carbons (Fsp3) is 0.174. The van der Waals surface area contributed by atoms with E-state index in [4.69, 9.17) is 4.74 Å². The maximum absolute atomic E-state index is 13.0. The van der Waals surface area contributed by atoms with E-state index >= 15 is 0 Å². The molecule has 3 N–H and O–H groups in total. The van der Waals surface area contributed by atoms with Gasteiger partial charge in [0, 0.05) is 12.5 Å². The van der Waals surface area contributed by atoms with Crippen molar-refractivity contribution in [2.45, 2.75) is 19.4 Å². The highest BCUT2D eigenvalue weighted by Gasteiger charge is 2.29. The van der Waals surface area contributed by atoms with E-state index < -0.39 is 29.5 Å². The molecule has 0 saturated carbocycles. The third-order valence-corrected chi connectivity index (χ3v) is 6.09. The number of amides is 1. The number of hydrogen-bond donors (Lipinski definition) is 3. The number of rotatable bonds is 7. The summed E-state index contributed by atoms with van der Waals surface area (Å²) in [6.45, 7) is 1.29. The monoisotopic (exact) mass is 485 g/mol. The minimum Gasteiger partial charge on any atom is -0.449 e. The number of hydrogen-bond acceptors (Lipinski definition) is 7. The van der Waals surface area contributed by atoms with Crippen LogP contribution in [0.3, 0.4) is 0 Å². The lowest BCUT2D eigenvalue weighted by Gasteiger charge is -2.16. The van der Waals surface area contributed by atoms with Crippen molar-refractivity contribution in [2.75, 3.05) is 6.61 Å². The molecule has 3 aromatic rings. The smallest absolute Gasteiger partial charge is 0.449 e. The molecule has 0 radical (unpaired) electrons. The van der Waals surface area contributed by atoms with Crippen molar-refractivity contribution in [3.8, 4) is 16.9 Å². The number of carbonyl (C=O) groups excluding carboxylic acids is 1. The highest BCUT2D eigenvalue weighted by Crippen LogP contribution is 2.44. The fourth-order valence-electron chi connectivity index (χ4n) is 4.16. The van der Waals surface area contributed by atoms with E-state index in [1.807, 2.05) is 48.5 Å². The summed E-state index contributed by atoms with van der Waals surface area (Å²) in [5.41, 5.74) is 4.50. The van der Waals surface area contributed by atoms with Gasteiger partial charge in [-0.05, 0) is 51.8 Å². The first kappa shape index (κ1) is 23.7. The molecular formula is C23H21BFNO7S. The van der Waals surface area contributed by atoms with Gasteiger partial charge in [-0.2, -0.15) is 8.42 Å². The molecule has 8 nitrogen and oxygen atoms in total. The Bertz CT molecular complexity index is 1300. The van der Waals surface area contributed by atoms with Crippen LogP contribution in [0.4, 0.5) is 8.68 Å². The van der Waals surface area contributed by atoms with Gasteiger partial charge in [-0.1, -0.05) is 58.5 Å². The number of nitrogens with one attached hydrogen (secondary N) is 1. The first-order valence-corrected chi connectivity index (χ1v) is 11.7. The number of alkyl carbamates (subject to hydrolysis) is 1. The average Bonchev–Trinajstić information content (AvgIpc) is 3.10. The summed E-state index contributed by atoms with van der Waals surface area (Å²) in [6.07, 6.45) is -0.728. The average molecular weight is 485 g/mol. The van der Waals surface area contributed by atoms with Gasteiger partial charge in [0.05, 0.1) is 0 Å². The molecule has 0 heterocycles. The molecule has 0 unspecified atom stereocenters. The van der Waals surface area contributed by atoms with Crippen LogP contribution in [0.2, 0.25) is 0 Å². The van der Waals surface area contributed by atoms with Crippen LogP contribution in [-0.4, -0.2) is 38.3 Å². The summed E-state index contributed by atoms with van der Waals surface area (Å²) in [5.74, 6) is -0.541. The second kappa shape index (κ2) is 9.45. The largest absolute Gasteiger partial charge is 0.488 e. The van der Waals surface area contributed by atoms with E-state index in [2.05, 4.69) is 9.50 Å². The zero-order valence-corrected chi connectivity index (χ0v) is 18.9. The highest BCUT2D eigenvalue weighted by atomic mass is 32.3. The Hall–Kier alpha value is -3.41. The van der Waals surface area contributed by atoms with Crippen LogP contribution in [0, 0.1) is 6.92 Å². The van der Waals surface area contributed by atoms with Gasteiger partial charge in [0.15, 0.2) is 0 Å². The van der Waals surface area contributed by atoms with Gasteiger partial charge >= 0.3 is 23.7 Å². The van der Waals surface area contributed by atoms with Crippen LogP contribution in [-0.2, 0) is 21.8 Å². The first-order valence-electron chi connectivity index (χ1n) is 10.4. The molecular weight excluding hydrogens is 464 g/mol. The molecule has 11 heteroatoms. The summed E-state index contributed by atoms with van der Waals surface area (Å²) in [6, 6.07) is 18.3. The van der Waals surface area contributed by atoms with E-state index in [0.717, 1.165) is 22.3 Å². The molecule has 0 aromatic heterocycles. The van der Waals surface area contributed by atoms with E-state index in [-0.39, 0.29) is 35.7 Å². The Balaban J connectivity index is 1.45. The summed E-state index contributed by atoms with van der Waals surface area (Å²) >= 11 is 0. The van der Waals surface area contributed by atoms with E-state index in [1.54, 1.807) is 0 Å². The van der Waals surface area contributed by atoms with Crippen LogP contribution >= 0.6 is 0 Å². The third kappa shape index (κ3) is 5.06. The van der Waals surface area contributed by atoms with Crippen LogP contribution in [0.5, 0.6) is 5.75 Å². The lowest BCUT2D eigenvalue weighted by atomic mass is 9.76. The second-order valence-corrected chi connectivity index (χ2v) is 8.79. The summed E-state index contributed by atoms with van der Waals surface area (Å²) in [4.78, 5) is 12.4. The summed E-state index contributed by atoms with van der Waals surface area (Å²) in [5, 5.41) is 21.6. The van der Waals surface area contributed by atoms with Crippen LogP contribution in [0.1, 0.15) is 28.2 Å². The molecule has 0 atom stereocenters. The predicted molar refractivity (Wildman–Crippen MR) is 124 cm³/mol. The Morgan fingerprint density at radius 1 is 1.06 bits per heavy atom. The van der Waals surface area contributed by atoms with Crippen LogP contribution in [0.25, 0.3) is 11.1 Å². The van der Waals surface area contributed by atoms with Crippen molar-refractivity contribution < 1.29 is 36.1 Å². The molecule has 3 aromatic carbocycles. The zero-order valence-electron chi connectivity index (χ0n) is 18.1. The van der Waals surface area contributed by atoms with Gasteiger partial charge in [0.25, 0.3) is 0 Å². The lowest BCUT2D eigenvalue weighted by Crippen LogP contribution is -2.34. The van der Waals surface area contributed by atoms with Crippen molar-refractivity contribution in [2.24, 2.45) is 0 Å². The standard InChI is InChI=1S/C23H21BFNO7S/c1-14-21(24(28)29)10-15(11-22(14)33-34(25,30)31)12-26-23(27)32-13-20-18-8-4-2-6-16(18)17-7-3-5-9-19(17)20/h2-11,20,28-29H,12-13H2,1H3,(H,26,27). The van der Waals surface area contributed by atoms with Gasteiger partial charge in [0.1, 0.15) is 12.4 Å². The zero-order chi connectivity index (χ0) is 24.5. The quantitative estimate of drug-likeness (QED) is 0.347. The molecule has 1 aliphatic rings. The number of ether oxygens (including phenoxy) is 1. The molecule has 1 aliphatic carbocycles. The Labute approximate surface area is 196 Å². The summed E-state index contributed by atoms with van der Waals surface area (Å²) < 4.78 is 44.5. The van der Waals surface area contributed by atoms with Crippen molar-refractivity contribution in [3.63, 3.8) is 0 Å². The van der Waals surface area contributed by atoms with Crippen molar-refractivity contribution in [1.29, 1.82) is 0 Å². The molecule has 0 fully saturated rings. The predicted octanol–water partition coefficient (Wildman–Crippen LogP) is 2.31. The van der Waals surface area contributed by atoms with Gasteiger partial charge in [-0.3, -0.25) is 0 Å². The normalized spacial score (nSPS) is 12.6. The number of fused-ring (bicyclic) bond motifs is 3. The highest BCUT2D eigenvalue weighted by molar-refractivity contribution is 7.81. The molecule has 4 rings (SSSR count). The lowest BCUT2D eigenvalue weighted by molar-refractivity contribution is 0.142. The van der Waals surface area contributed by atoms with Crippen molar-refractivity contribution >= 4 is 29.2 Å². The SMILES string of the molecule is Cc1c(OS(=O)(=O)F)cc(CNC(=O)OCC2c3ccccc3-c3ccccc32)cc1B(O)O. The molecule has 0 bridgehead atoms. The topological polar surface area (TPSA) is 122 Å². The number of benzene rings is 3. The van der Waals surface area contributed by atoms with Gasteiger partial charge in [-0.25, -0.2) is 4.79 Å². The van der Waals surface area contributed by atoms with Crippen LogP contribution in [0.15, 0.2) is 60.7 Å². The van der Waals surface area contributed by atoms with Crippen LogP contribution < -0.4 is 15.0 Å². The number of carbonyl (C=O) groups is 1. The molecule has 176 valence electrons. The second-order valence-electron chi connectivity index (χ2n) is 7.84. The Morgan fingerprint density at radius 2 is 1.65 bits per heavy atom. The first-order chi connectivity index (χ1) is 16.1. The maximum atomic E-state index is 13.0. The van der Waals surface area contributed by atoms with Gasteiger partial charge < -0.3 is 24.3 Å². The molecule has 0 spiro atoms. The molecule has 0 aliphatic heterocycles. The maximum Gasteiger partial charge on any atom is 0.488 e. The number of halogens is 1. The summed E-state index contributed by atoms with van der Waals surface area (Å²) in [7, 11) is -7.29. The Kier molecular flexibility index (Phi) is 6.60. The van der Waals surface area contributed by atoms with E-state index in [1.165, 1.54) is 19.1 Å². The molecule has 34 heavy (non-hydrogen) atoms. The van der Waals surface area contributed by atoms with Crippen molar-refractivity contribution in [1.82, 2.24) is 5.32 Å². The minimum absolute atomic E-state index is 0.0288. The van der Waals surface area contributed by atoms with Gasteiger partial charge in [0.2, 0.25) is 0 Å². The minimum atomic E-state index is -5.33. The fourth-order valence-corrected chi connectivity index (χ4v) is 4.54. The van der Waals surface area contributed by atoms with Crippen molar-refractivity contribution in [3.05, 3.63) is 82.9 Å². The molecule has 1 amide bonds. The van der Waals surface area contributed by atoms with Gasteiger partial charge in [-0.15, -0.1) is 0 Å². The van der Waals surface area contributed by atoms with E-state index in [0.29, 0.717) is 0 Å². The molecule has 0 saturated heterocycles.